The average molecular weight is 399 g/mol. The highest BCUT2D eigenvalue weighted by Gasteiger charge is 2.35. The van der Waals surface area contributed by atoms with E-state index in [0.29, 0.717) is 13.0 Å². The fourth-order valence-electron chi connectivity index (χ4n) is 3.25. The lowest BCUT2D eigenvalue weighted by molar-refractivity contribution is -0.153. The molecule has 0 unspecified atom stereocenters. The van der Waals surface area contributed by atoms with Crippen LogP contribution in [0.3, 0.4) is 0 Å². The number of hydrogen-bond donors (Lipinski definition) is 0. The Balaban J connectivity index is 1.51. The number of carbonyl (C=O) groups excluding carboxylic acids is 2. The van der Waals surface area contributed by atoms with Crippen molar-refractivity contribution in [2.24, 2.45) is 0 Å². The number of methoxy groups -OCH3 is 1. The summed E-state index contributed by atoms with van der Waals surface area (Å²) in [6.45, 7) is 0.426. The van der Waals surface area contributed by atoms with Crippen LogP contribution >= 0.6 is 23.1 Å². The molecule has 0 fully saturated rings. The second kappa shape index (κ2) is 7.70. The van der Waals surface area contributed by atoms with E-state index in [1.165, 1.54) is 18.9 Å². The average Bonchev–Trinajstić information content (AvgIpc) is 3.13. The van der Waals surface area contributed by atoms with Gasteiger partial charge < -0.3 is 9.64 Å². The van der Waals surface area contributed by atoms with E-state index in [4.69, 9.17) is 4.74 Å². The number of esters is 1. The molecule has 27 heavy (non-hydrogen) atoms. The number of para-hydroxylation sites is 1. The number of nitrogens with zero attached hydrogens (tertiary/aromatic N) is 2. The maximum Gasteiger partial charge on any atom is 0.328 e. The molecule has 0 saturated carbocycles. The van der Waals surface area contributed by atoms with E-state index < -0.39 is 6.04 Å². The first-order chi connectivity index (χ1) is 13.2. The number of benzene rings is 2. The molecule has 3 aromatic rings. The molecule has 1 aliphatic heterocycles. The molecule has 0 bridgehead atoms. The molecule has 0 spiro atoms. The monoisotopic (exact) mass is 398 g/mol. The first-order valence-electron chi connectivity index (χ1n) is 8.58. The van der Waals surface area contributed by atoms with Gasteiger partial charge in [0.25, 0.3) is 0 Å². The molecule has 7 heteroatoms. The van der Waals surface area contributed by atoms with E-state index in [0.717, 1.165) is 25.7 Å². The normalized spacial score (nSPS) is 16.2. The van der Waals surface area contributed by atoms with Crippen LogP contribution in [0.2, 0.25) is 0 Å². The van der Waals surface area contributed by atoms with Crippen molar-refractivity contribution in [1.29, 1.82) is 0 Å². The molecule has 1 amide bonds. The number of amides is 1. The Morgan fingerprint density at radius 1 is 1.19 bits per heavy atom. The second-order valence-electron chi connectivity index (χ2n) is 6.27. The molecule has 0 N–H and O–H groups in total. The molecule has 4 rings (SSSR count). The minimum atomic E-state index is -0.576. The van der Waals surface area contributed by atoms with Crippen LogP contribution in [0.25, 0.3) is 10.2 Å². The van der Waals surface area contributed by atoms with Crippen LogP contribution in [-0.2, 0) is 27.3 Å². The van der Waals surface area contributed by atoms with Gasteiger partial charge in [0.05, 0.1) is 23.1 Å². The fraction of sp³-hybridized carbons (Fsp3) is 0.250. The van der Waals surface area contributed by atoms with E-state index in [1.807, 2.05) is 48.5 Å². The largest absolute Gasteiger partial charge is 0.467 e. The SMILES string of the molecule is COC(=O)[C@H]1Cc2ccccc2CN1C(=O)CSc1nc2ccccc2s1. The number of thiazole rings is 1. The molecule has 0 radical (unpaired) electrons. The lowest BCUT2D eigenvalue weighted by Crippen LogP contribution is -2.49. The summed E-state index contributed by atoms with van der Waals surface area (Å²) >= 11 is 2.99. The molecule has 2 aromatic carbocycles. The number of fused-ring (bicyclic) bond motifs is 2. The number of ether oxygens (including phenoxy) is 1. The van der Waals surface area contributed by atoms with Crippen LogP contribution < -0.4 is 0 Å². The summed E-state index contributed by atoms with van der Waals surface area (Å²) in [5.41, 5.74) is 3.11. The molecule has 1 aliphatic rings. The van der Waals surface area contributed by atoms with Gasteiger partial charge in [-0.2, -0.15) is 0 Å². The zero-order valence-electron chi connectivity index (χ0n) is 14.8. The van der Waals surface area contributed by atoms with Gasteiger partial charge in [-0.15, -0.1) is 11.3 Å². The van der Waals surface area contributed by atoms with Gasteiger partial charge in [-0.3, -0.25) is 4.79 Å². The minimum Gasteiger partial charge on any atom is -0.467 e. The summed E-state index contributed by atoms with van der Waals surface area (Å²) in [5.74, 6) is -0.206. The van der Waals surface area contributed by atoms with Crippen LogP contribution in [-0.4, -0.2) is 40.7 Å². The summed E-state index contributed by atoms with van der Waals surface area (Å²) in [5, 5.41) is 0. The van der Waals surface area contributed by atoms with Crippen molar-refractivity contribution >= 4 is 45.2 Å². The third kappa shape index (κ3) is 3.70. The maximum atomic E-state index is 12.9. The Morgan fingerprint density at radius 2 is 1.93 bits per heavy atom. The van der Waals surface area contributed by atoms with E-state index >= 15 is 0 Å². The van der Waals surface area contributed by atoms with Crippen LogP contribution in [0.5, 0.6) is 0 Å². The Bertz CT molecular complexity index is 969. The van der Waals surface area contributed by atoms with E-state index in [1.54, 1.807) is 16.2 Å². The van der Waals surface area contributed by atoms with Crippen molar-refractivity contribution in [3.05, 3.63) is 59.7 Å². The topological polar surface area (TPSA) is 59.5 Å². The van der Waals surface area contributed by atoms with E-state index in [2.05, 4.69) is 4.98 Å². The van der Waals surface area contributed by atoms with Gasteiger partial charge in [0, 0.05) is 13.0 Å². The molecule has 5 nitrogen and oxygen atoms in total. The van der Waals surface area contributed by atoms with Crippen LogP contribution in [0.1, 0.15) is 11.1 Å². The summed E-state index contributed by atoms with van der Waals surface area (Å²) in [6, 6.07) is 15.3. The van der Waals surface area contributed by atoms with Gasteiger partial charge in [-0.25, -0.2) is 9.78 Å². The van der Waals surface area contributed by atoms with Crippen LogP contribution in [0.15, 0.2) is 52.9 Å². The summed E-state index contributed by atoms with van der Waals surface area (Å²) in [4.78, 5) is 31.3. The van der Waals surface area contributed by atoms with Crippen molar-refractivity contribution in [2.45, 2.75) is 23.3 Å². The Labute approximate surface area is 165 Å². The Hall–Kier alpha value is -2.38. The lowest BCUT2D eigenvalue weighted by atomic mass is 9.94. The third-order valence-corrected chi connectivity index (χ3v) is 6.80. The number of carbonyl (C=O) groups is 2. The third-order valence-electron chi connectivity index (χ3n) is 4.64. The minimum absolute atomic E-state index is 0.0795. The summed E-state index contributed by atoms with van der Waals surface area (Å²) < 4.78 is 6.90. The highest BCUT2D eigenvalue weighted by molar-refractivity contribution is 8.01. The van der Waals surface area contributed by atoms with Crippen molar-refractivity contribution in [2.75, 3.05) is 12.9 Å². The zero-order valence-corrected chi connectivity index (χ0v) is 16.4. The van der Waals surface area contributed by atoms with Crippen molar-refractivity contribution in [3.8, 4) is 0 Å². The number of hydrogen-bond acceptors (Lipinski definition) is 6. The number of aromatic nitrogens is 1. The molecule has 1 atom stereocenters. The van der Waals surface area contributed by atoms with Crippen molar-refractivity contribution in [1.82, 2.24) is 9.88 Å². The van der Waals surface area contributed by atoms with Gasteiger partial charge in [0.2, 0.25) is 5.91 Å². The van der Waals surface area contributed by atoms with Crippen LogP contribution in [0.4, 0.5) is 0 Å². The van der Waals surface area contributed by atoms with Gasteiger partial charge >= 0.3 is 5.97 Å². The summed E-state index contributed by atoms with van der Waals surface area (Å²) in [6.07, 6.45) is 0.486. The predicted molar refractivity (Wildman–Crippen MR) is 107 cm³/mol. The maximum absolute atomic E-state index is 12.9. The van der Waals surface area contributed by atoms with E-state index in [-0.39, 0.29) is 17.6 Å². The molecule has 1 aromatic heterocycles. The smallest absolute Gasteiger partial charge is 0.328 e. The molecular formula is C20H18N2O3S2. The lowest BCUT2D eigenvalue weighted by Gasteiger charge is -2.35. The van der Waals surface area contributed by atoms with Crippen LogP contribution in [0, 0.1) is 0 Å². The highest BCUT2D eigenvalue weighted by Crippen LogP contribution is 2.30. The van der Waals surface area contributed by atoms with E-state index in [9.17, 15) is 9.59 Å². The van der Waals surface area contributed by atoms with Crippen molar-refractivity contribution < 1.29 is 14.3 Å². The second-order valence-corrected chi connectivity index (χ2v) is 8.52. The quantitative estimate of drug-likeness (QED) is 0.497. The summed E-state index contributed by atoms with van der Waals surface area (Å²) in [7, 11) is 1.36. The number of rotatable bonds is 4. The molecule has 138 valence electrons. The predicted octanol–water partition coefficient (Wildman–Crippen LogP) is 3.51. The Kier molecular flexibility index (Phi) is 5.13. The Morgan fingerprint density at radius 3 is 2.70 bits per heavy atom. The molecule has 0 saturated heterocycles. The number of thioether (sulfide) groups is 1. The molecule has 2 heterocycles. The standard InChI is InChI=1S/C20H18N2O3S2/c1-25-19(24)16-10-13-6-2-3-7-14(13)11-22(16)18(23)12-26-20-21-15-8-4-5-9-17(15)27-20/h2-9,16H,10-12H2,1H3/t16-/m1/s1. The van der Waals surface area contributed by atoms with Gasteiger partial charge in [-0.05, 0) is 23.3 Å². The van der Waals surface area contributed by atoms with Gasteiger partial charge in [0.1, 0.15) is 6.04 Å². The highest BCUT2D eigenvalue weighted by atomic mass is 32.2. The first-order valence-corrected chi connectivity index (χ1v) is 10.4. The van der Waals surface area contributed by atoms with Gasteiger partial charge in [0.15, 0.2) is 4.34 Å². The molecule has 0 aliphatic carbocycles. The fourth-order valence-corrected chi connectivity index (χ4v) is 5.21. The zero-order chi connectivity index (χ0) is 18.8. The molecular weight excluding hydrogens is 380 g/mol. The van der Waals surface area contributed by atoms with Gasteiger partial charge in [-0.1, -0.05) is 48.2 Å². The first kappa shape index (κ1) is 18.0. The van der Waals surface area contributed by atoms with Crippen molar-refractivity contribution in [3.63, 3.8) is 0 Å².